The second-order valence-corrected chi connectivity index (χ2v) is 7.78. The summed E-state index contributed by atoms with van der Waals surface area (Å²) in [6.07, 6.45) is 1.71. The number of methoxy groups -OCH3 is 1. The van der Waals surface area contributed by atoms with E-state index in [2.05, 4.69) is 4.99 Å². The number of carboxylic acids is 1. The molecule has 0 radical (unpaired) electrons. The summed E-state index contributed by atoms with van der Waals surface area (Å²) in [5.74, 6) is -0.0126. The van der Waals surface area contributed by atoms with E-state index in [9.17, 15) is 9.59 Å². The molecule has 1 saturated heterocycles. The van der Waals surface area contributed by atoms with Gasteiger partial charge in [0, 0.05) is 12.6 Å². The van der Waals surface area contributed by atoms with Crippen LogP contribution in [0.5, 0.6) is 11.5 Å². The van der Waals surface area contributed by atoms with E-state index in [0.29, 0.717) is 27.3 Å². The fourth-order valence-electron chi connectivity index (χ4n) is 2.75. The van der Waals surface area contributed by atoms with Gasteiger partial charge in [-0.15, -0.1) is 0 Å². The number of amidine groups is 1. The maximum atomic E-state index is 12.7. The summed E-state index contributed by atoms with van der Waals surface area (Å²) in [6, 6.07) is 11.7. The van der Waals surface area contributed by atoms with E-state index in [4.69, 9.17) is 14.6 Å². The molecular weight excluding hydrogens is 404 g/mol. The van der Waals surface area contributed by atoms with Gasteiger partial charge >= 0.3 is 5.97 Å². The quantitative estimate of drug-likeness (QED) is 0.688. The average molecular weight is 426 g/mol. The second kappa shape index (κ2) is 9.04. The lowest BCUT2D eigenvalue weighted by atomic mass is 10.1. The van der Waals surface area contributed by atoms with Crippen LogP contribution in [0.2, 0.25) is 0 Å². The van der Waals surface area contributed by atoms with Gasteiger partial charge in [-0.2, -0.15) is 0 Å². The maximum Gasteiger partial charge on any atom is 0.335 e. The van der Waals surface area contributed by atoms with Gasteiger partial charge in [-0.3, -0.25) is 9.69 Å². The molecule has 1 heterocycles. The Morgan fingerprint density at radius 3 is 2.50 bits per heavy atom. The van der Waals surface area contributed by atoms with Crippen molar-refractivity contribution in [3.8, 4) is 11.5 Å². The molecule has 156 valence electrons. The molecule has 8 heteroatoms. The fraction of sp³-hybridized carbons (Fsp3) is 0.227. The van der Waals surface area contributed by atoms with Crippen LogP contribution >= 0.6 is 11.8 Å². The van der Waals surface area contributed by atoms with Crippen LogP contribution in [-0.4, -0.2) is 47.3 Å². The van der Waals surface area contributed by atoms with E-state index < -0.39 is 5.97 Å². The second-order valence-electron chi connectivity index (χ2n) is 6.77. The van der Waals surface area contributed by atoms with Crippen LogP contribution in [0.1, 0.15) is 29.8 Å². The highest BCUT2D eigenvalue weighted by Crippen LogP contribution is 2.38. The molecule has 1 fully saturated rings. The molecule has 0 bridgehead atoms. The third-order valence-electron chi connectivity index (χ3n) is 4.21. The Labute approximate surface area is 179 Å². The molecule has 1 N–H and O–H groups in total. The average Bonchev–Trinajstić information content (AvgIpc) is 2.97. The molecule has 0 saturated carbocycles. The Bertz CT molecular complexity index is 1030. The number of nitrogens with zero attached hydrogens (tertiary/aromatic N) is 2. The van der Waals surface area contributed by atoms with E-state index >= 15 is 0 Å². The number of carboxylic acid groups (broad SMARTS) is 1. The standard InChI is InChI=1S/C22H22N2O5S/c1-13(2)29-19-15(6-5-7-17(19)28-4)12-18-20(25)24(3)22(30-18)23-16-10-8-14(9-11-16)21(26)27/h5-13H,1-4H3,(H,26,27)/b18-12+,23-22?. The van der Waals surface area contributed by atoms with Crippen molar-refractivity contribution in [1.82, 2.24) is 4.90 Å². The summed E-state index contributed by atoms with van der Waals surface area (Å²) in [4.78, 5) is 30.2. The Balaban J connectivity index is 1.93. The number of ether oxygens (including phenoxy) is 2. The first-order valence-electron chi connectivity index (χ1n) is 9.23. The van der Waals surface area contributed by atoms with Crippen LogP contribution < -0.4 is 9.47 Å². The SMILES string of the molecule is COc1cccc(/C=C2/SC(=Nc3ccc(C(=O)O)cc3)N(C)C2=O)c1OC(C)C. The summed E-state index contributed by atoms with van der Waals surface area (Å²) >= 11 is 1.24. The van der Waals surface area contributed by atoms with E-state index in [1.165, 1.54) is 28.8 Å². The zero-order valence-corrected chi connectivity index (χ0v) is 17.9. The van der Waals surface area contributed by atoms with Crippen LogP contribution in [0.25, 0.3) is 6.08 Å². The molecule has 1 amide bonds. The van der Waals surface area contributed by atoms with Gasteiger partial charge in [0.05, 0.1) is 29.4 Å². The molecule has 3 rings (SSSR count). The molecule has 0 unspecified atom stereocenters. The maximum absolute atomic E-state index is 12.7. The number of carbonyl (C=O) groups is 2. The Hall–Kier alpha value is -3.26. The number of benzene rings is 2. The lowest BCUT2D eigenvalue weighted by Gasteiger charge is -2.16. The van der Waals surface area contributed by atoms with Crippen molar-refractivity contribution < 1.29 is 24.2 Å². The lowest BCUT2D eigenvalue weighted by Crippen LogP contribution is -2.23. The number of aromatic carboxylic acids is 1. The molecule has 0 aliphatic carbocycles. The van der Waals surface area contributed by atoms with E-state index in [1.807, 2.05) is 32.0 Å². The fourth-order valence-corrected chi connectivity index (χ4v) is 3.73. The number of rotatable bonds is 6. The van der Waals surface area contributed by atoms with Gasteiger partial charge in [0.15, 0.2) is 16.7 Å². The minimum absolute atomic E-state index is 0.0565. The Morgan fingerprint density at radius 2 is 1.90 bits per heavy atom. The number of aliphatic imine (C=N–C) groups is 1. The first-order valence-corrected chi connectivity index (χ1v) is 10.0. The van der Waals surface area contributed by atoms with Crippen LogP contribution in [-0.2, 0) is 4.79 Å². The van der Waals surface area contributed by atoms with Gasteiger partial charge < -0.3 is 14.6 Å². The molecule has 2 aromatic carbocycles. The summed E-state index contributed by atoms with van der Waals surface area (Å²) in [5, 5.41) is 9.51. The van der Waals surface area contributed by atoms with Gasteiger partial charge in [-0.05, 0) is 62.0 Å². The van der Waals surface area contributed by atoms with Crippen molar-refractivity contribution in [1.29, 1.82) is 0 Å². The zero-order valence-electron chi connectivity index (χ0n) is 17.1. The lowest BCUT2D eigenvalue weighted by molar-refractivity contribution is -0.121. The molecule has 0 atom stereocenters. The zero-order chi connectivity index (χ0) is 21.8. The van der Waals surface area contributed by atoms with Crippen molar-refractivity contribution in [3.63, 3.8) is 0 Å². The molecule has 1 aliphatic heterocycles. The highest BCUT2D eigenvalue weighted by Gasteiger charge is 2.31. The number of amides is 1. The predicted octanol–water partition coefficient (Wildman–Crippen LogP) is 4.41. The molecule has 0 aromatic heterocycles. The minimum atomic E-state index is -1.00. The van der Waals surface area contributed by atoms with Gasteiger partial charge in [0.25, 0.3) is 5.91 Å². The molecule has 1 aliphatic rings. The molecule has 7 nitrogen and oxygen atoms in total. The van der Waals surface area contributed by atoms with Crippen molar-refractivity contribution in [2.75, 3.05) is 14.2 Å². The van der Waals surface area contributed by atoms with Gasteiger partial charge in [0.2, 0.25) is 0 Å². The van der Waals surface area contributed by atoms with Crippen molar-refractivity contribution in [2.24, 2.45) is 4.99 Å². The normalized spacial score (nSPS) is 16.6. The van der Waals surface area contributed by atoms with Gasteiger partial charge in [0.1, 0.15) is 0 Å². The minimum Gasteiger partial charge on any atom is -0.493 e. The smallest absolute Gasteiger partial charge is 0.335 e. The van der Waals surface area contributed by atoms with E-state index in [1.54, 1.807) is 32.4 Å². The van der Waals surface area contributed by atoms with Gasteiger partial charge in [-0.25, -0.2) is 9.79 Å². The number of carbonyl (C=O) groups excluding carboxylic acids is 1. The number of likely N-dealkylation sites (N-methyl/N-ethyl adjacent to an activating group) is 1. The Morgan fingerprint density at radius 1 is 1.20 bits per heavy atom. The van der Waals surface area contributed by atoms with Crippen LogP contribution in [0.4, 0.5) is 5.69 Å². The van der Waals surface area contributed by atoms with Crippen molar-refractivity contribution >= 4 is 40.6 Å². The molecule has 0 spiro atoms. The molecule has 2 aromatic rings. The first kappa shape index (κ1) is 21.4. The van der Waals surface area contributed by atoms with E-state index in [0.717, 1.165) is 5.56 Å². The number of para-hydroxylation sites is 1. The van der Waals surface area contributed by atoms with E-state index in [-0.39, 0.29) is 17.6 Å². The number of hydrogen-bond donors (Lipinski definition) is 1. The third kappa shape index (κ3) is 4.65. The highest BCUT2D eigenvalue weighted by atomic mass is 32.2. The first-order chi connectivity index (χ1) is 14.3. The predicted molar refractivity (Wildman–Crippen MR) is 118 cm³/mol. The summed E-state index contributed by atoms with van der Waals surface area (Å²) in [5.41, 5.74) is 1.48. The van der Waals surface area contributed by atoms with Crippen molar-refractivity contribution in [3.05, 3.63) is 58.5 Å². The third-order valence-corrected chi connectivity index (χ3v) is 5.27. The number of hydrogen-bond acceptors (Lipinski definition) is 6. The summed E-state index contributed by atoms with van der Waals surface area (Å²) < 4.78 is 11.3. The highest BCUT2D eigenvalue weighted by molar-refractivity contribution is 8.18. The summed E-state index contributed by atoms with van der Waals surface area (Å²) in [7, 11) is 3.22. The summed E-state index contributed by atoms with van der Waals surface area (Å²) in [6.45, 7) is 3.85. The van der Waals surface area contributed by atoms with Crippen LogP contribution in [0, 0.1) is 0 Å². The largest absolute Gasteiger partial charge is 0.493 e. The van der Waals surface area contributed by atoms with Crippen LogP contribution in [0.3, 0.4) is 0 Å². The van der Waals surface area contributed by atoms with Gasteiger partial charge in [-0.1, -0.05) is 12.1 Å². The topological polar surface area (TPSA) is 88.4 Å². The molecular formula is C22H22N2O5S. The Kier molecular flexibility index (Phi) is 6.47. The molecule has 30 heavy (non-hydrogen) atoms. The van der Waals surface area contributed by atoms with Crippen LogP contribution in [0.15, 0.2) is 52.4 Å². The van der Waals surface area contributed by atoms with Crippen molar-refractivity contribution in [2.45, 2.75) is 20.0 Å². The number of thioether (sulfide) groups is 1. The monoisotopic (exact) mass is 426 g/mol.